The molecule has 1 aliphatic rings. The summed E-state index contributed by atoms with van der Waals surface area (Å²) < 4.78 is 17.6. The Balaban J connectivity index is 1.62. The monoisotopic (exact) mass is 416 g/mol. The second kappa shape index (κ2) is 8.31. The molecular formula is C18H25IO3. The van der Waals surface area contributed by atoms with Crippen molar-refractivity contribution in [3.63, 3.8) is 0 Å². The number of benzene rings is 1. The number of hydrogen-bond acceptors (Lipinski definition) is 3. The molecule has 22 heavy (non-hydrogen) atoms. The highest BCUT2D eigenvalue weighted by molar-refractivity contribution is 14.1. The van der Waals surface area contributed by atoms with Gasteiger partial charge in [0.05, 0.1) is 26.4 Å². The fourth-order valence-electron chi connectivity index (χ4n) is 2.33. The van der Waals surface area contributed by atoms with Crippen LogP contribution in [0.2, 0.25) is 0 Å². The summed E-state index contributed by atoms with van der Waals surface area (Å²) in [5.74, 6) is 0.875. The van der Waals surface area contributed by atoms with Gasteiger partial charge in [0, 0.05) is 4.43 Å². The lowest BCUT2D eigenvalue weighted by Crippen LogP contribution is -2.11. The molecule has 1 heterocycles. The van der Waals surface area contributed by atoms with Gasteiger partial charge in [-0.1, -0.05) is 46.4 Å². The molecule has 1 aromatic rings. The average Bonchev–Trinajstić information content (AvgIpc) is 3.21. The number of rotatable bonds is 9. The van der Waals surface area contributed by atoms with Crippen LogP contribution in [-0.4, -0.2) is 29.8 Å². The first-order valence-corrected chi connectivity index (χ1v) is 9.20. The first kappa shape index (κ1) is 17.8. The Morgan fingerprint density at radius 1 is 1.36 bits per heavy atom. The van der Waals surface area contributed by atoms with Crippen LogP contribution in [0.5, 0.6) is 5.75 Å². The normalized spacial score (nSPS) is 24.4. The predicted octanol–water partition coefficient (Wildman–Crippen LogP) is 4.53. The molecule has 0 spiro atoms. The standard InChI is InChI=1S/C18H25IO3/c1-14(4-9-17-18(2,13-19)22-17)10-11-21-12-15-5-7-16(20-3)8-6-15/h5-8,10,17H,4,9,11-13H2,1-3H3/b14-10+/t17-,18-/m0/s1. The van der Waals surface area contributed by atoms with E-state index >= 15 is 0 Å². The molecular weight excluding hydrogens is 391 g/mol. The van der Waals surface area contributed by atoms with Gasteiger partial charge in [-0.3, -0.25) is 0 Å². The molecule has 1 fully saturated rings. The van der Waals surface area contributed by atoms with E-state index in [1.807, 2.05) is 24.3 Å². The summed E-state index contributed by atoms with van der Waals surface area (Å²) in [6.07, 6.45) is 4.81. The minimum absolute atomic E-state index is 0.131. The van der Waals surface area contributed by atoms with Gasteiger partial charge in [-0.05, 0) is 44.4 Å². The lowest BCUT2D eigenvalue weighted by atomic mass is 10.0. The maximum atomic E-state index is 5.73. The van der Waals surface area contributed by atoms with Gasteiger partial charge in [0.1, 0.15) is 11.4 Å². The van der Waals surface area contributed by atoms with Crippen LogP contribution in [-0.2, 0) is 16.1 Å². The highest BCUT2D eigenvalue weighted by Crippen LogP contribution is 2.41. The van der Waals surface area contributed by atoms with Crippen molar-refractivity contribution in [1.82, 2.24) is 0 Å². The van der Waals surface area contributed by atoms with Gasteiger partial charge in [0.2, 0.25) is 0 Å². The maximum absolute atomic E-state index is 5.73. The van der Waals surface area contributed by atoms with Gasteiger partial charge in [-0.15, -0.1) is 0 Å². The summed E-state index contributed by atoms with van der Waals surface area (Å²) in [5, 5.41) is 0. The second-order valence-corrected chi connectivity index (χ2v) is 6.77. The van der Waals surface area contributed by atoms with Gasteiger partial charge in [0.15, 0.2) is 0 Å². The van der Waals surface area contributed by atoms with E-state index in [9.17, 15) is 0 Å². The number of allylic oxidation sites excluding steroid dienone is 1. The molecule has 0 aliphatic carbocycles. The molecule has 1 saturated heterocycles. The third-order valence-electron chi connectivity index (χ3n) is 4.08. The minimum atomic E-state index is 0.131. The highest BCUT2D eigenvalue weighted by atomic mass is 127. The molecule has 3 nitrogen and oxygen atoms in total. The van der Waals surface area contributed by atoms with Crippen molar-refractivity contribution < 1.29 is 14.2 Å². The molecule has 0 N–H and O–H groups in total. The van der Waals surface area contributed by atoms with Crippen LogP contribution in [0.3, 0.4) is 0 Å². The summed E-state index contributed by atoms with van der Waals surface area (Å²) in [4.78, 5) is 0. The van der Waals surface area contributed by atoms with Gasteiger partial charge in [-0.25, -0.2) is 0 Å². The first-order chi connectivity index (χ1) is 10.6. The molecule has 2 rings (SSSR count). The van der Waals surface area contributed by atoms with E-state index in [0.29, 0.717) is 19.3 Å². The predicted molar refractivity (Wildman–Crippen MR) is 97.8 cm³/mol. The van der Waals surface area contributed by atoms with Crippen molar-refractivity contribution in [2.45, 2.75) is 45.0 Å². The highest BCUT2D eigenvalue weighted by Gasteiger charge is 2.50. The van der Waals surface area contributed by atoms with E-state index in [4.69, 9.17) is 14.2 Å². The maximum Gasteiger partial charge on any atom is 0.118 e. The lowest BCUT2D eigenvalue weighted by molar-refractivity contribution is 0.148. The van der Waals surface area contributed by atoms with Gasteiger partial charge < -0.3 is 14.2 Å². The molecule has 4 heteroatoms. The smallest absolute Gasteiger partial charge is 0.118 e. The minimum Gasteiger partial charge on any atom is -0.497 e. The number of hydrogen-bond donors (Lipinski definition) is 0. The van der Waals surface area contributed by atoms with Crippen LogP contribution in [0.1, 0.15) is 32.3 Å². The number of halogens is 1. The van der Waals surface area contributed by atoms with Crippen LogP contribution >= 0.6 is 22.6 Å². The molecule has 122 valence electrons. The number of ether oxygens (including phenoxy) is 3. The summed E-state index contributed by atoms with van der Waals surface area (Å²) >= 11 is 2.40. The fourth-order valence-corrected chi connectivity index (χ4v) is 3.00. The van der Waals surface area contributed by atoms with Gasteiger partial charge in [-0.2, -0.15) is 0 Å². The summed E-state index contributed by atoms with van der Waals surface area (Å²) in [5.41, 5.74) is 2.67. The zero-order valence-corrected chi connectivity index (χ0v) is 15.8. The van der Waals surface area contributed by atoms with Crippen molar-refractivity contribution in [3.8, 4) is 5.75 Å². The quantitative estimate of drug-likeness (QED) is 0.195. The van der Waals surface area contributed by atoms with E-state index < -0.39 is 0 Å². The van der Waals surface area contributed by atoms with Crippen LogP contribution < -0.4 is 4.74 Å². The van der Waals surface area contributed by atoms with Crippen molar-refractivity contribution in [2.24, 2.45) is 0 Å². The Bertz CT molecular complexity index is 498. The van der Waals surface area contributed by atoms with Crippen LogP contribution in [0.4, 0.5) is 0 Å². The van der Waals surface area contributed by atoms with Crippen LogP contribution in [0, 0.1) is 0 Å². The average molecular weight is 416 g/mol. The van der Waals surface area contributed by atoms with E-state index in [1.165, 1.54) is 5.57 Å². The van der Waals surface area contributed by atoms with Crippen LogP contribution in [0.25, 0.3) is 0 Å². The Labute approximate surface area is 147 Å². The molecule has 0 amide bonds. The van der Waals surface area contributed by atoms with Gasteiger partial charge >= 0.3 is 0 Å². The molecule has 0 aromatic heterocycles. The summed E-state index contributed by atoms with van der Waals surface area (Å²) in [6.45, 7) is 5.65. The van der Waals surface area contributed by atoms with Gasteiger partial charge in [0.25, 0.3) is 0 Å². The van der Waals surface area contributed by atoms with Crippen LogP contribution in [0.15, 0.2) is 35.9 Å². The number of alkyl halides is 1. The zero-order chi connectivity index (χ0) is 16.0. The third kappa shape index (κ3) is 5.25. The Morgan fingerprint density at radius 2 is 2.09 bits per heavy atom. The van der Waals surface area contributed by atoms with Crippen molar-refractivity contribution in [2.75, 3.05) is 18.1 Å². The second-order valence-electron chi connectivity index (χ2n) is 6.01. The van der Waals surface area contributed by atoms with E-state index in [-0.39, 0.29) is 5.60 Å². The first-order valence-electron chi connectivity index (χ1n) is 7.67. The van der Waals surface area contributed by atoms with E-state index in [1.54, 1.807) is 7.11 Å². The van der Waals surface area contributed by atoms with E-state index in [2.05, 4.69) is 42.5 Å². The Hall–Kier alpha value is -0.590. The van der Waals surface area contributed by atoms with Crippen molar-refractivity contribution in [1.29, 1.82) is 0 Å². The molecule has 0 unspecified atom stereocenters. The SMILES string of the molecule is COc1ccc(COC/C=C(\C)CC[C@@H]2O[C@@]2(C)CI)cc1. The zero-order valence-electron chi connectivity index (χ0n) is 13.6. The Kier molecular flexibility index (Phi) is 6.71. The summed E-state index contributed by atoms with van der Waals surface area (Å²) in [6, 6.07) is 7.98. The summed E-state index contributed by atoms with van der Waals surface area (Å²) in [7, 11) is 1.68. The molecule has 2 atom stereocenters. The van der Waals surface area contributed by atoms with Crippen molar-refractivity contribution in [3.05, 3.63) is 41.5 Å². The topological polar surface area (TPSA) is 31.0 Å². The largest absolute Gasteiger partial charge is 0.497 e. The fraction of sp³-hybridized carbons (Fsp3) is 0.556. The Morgan fingerprint density at radius 3 is 2.68 bits per heavy atom. The molecule has 0 bridgehead atoms. The number of methoxy groups -OCH3 is 1. The number of epoxide rings is 1. The third-order valence-corrected chi connectivity index (χ3v) is 5.59. The molecule has 0 saturated carbocycles. The van der Waals surface area contributed by atoms with E-state index in [0.717, 1.165) is 28.6 Å². The van der Waals surface area contributed by atoms with Crippen molar-refractivity contribution >= 4 is 22.6 Å². The molecule has 1 aromatic carbocycles. The lowest BCUT2D eigenvalue weighted by Gasteiger charge is -2.05. The molecule has 1 aliphatic heterocycles. The molecule has 0 radical (unpaired) electrons.